The summed E-state index contributed by atoms with van der Waals surface area (Å²) in [5.41, 5.74) is 7.00. The van der Waals surface area contributed by atoms with Crippen LogP contribution in [0.3, 0.4) is 0 Å². The van der Waals surface area contributed by atoms with Crippen molar-refractivity contribution in [2.45, 2.75) is 40.2 Å². The fourth-order valence-electron chi connectivity index (χ4n) is 1.66. The molecule has 14 heavy (non-hydrogen) atoms. The van der Waals surface area contributed by atoms with Crippen LogP contribution in [0.25, 0.3) is 0 Å². The molecule has 4 heteroatoms. The van der Waals surface area contributed by atoms with Crippen LogP contribution in [-0.4, -0.2) is 9.78 Å². The van der Waals surface area contributed by atoms with Gasteiger partial charge in [0.15, 0.2) is 0 Å². The van der Waals surface area contributed by atoms with E-state index in [9.17, 15) is 0 Å². The van der Waals surface area contributed by atoms with Gasteiger partial charge in [-0.3, -0.25) is 0 Å². The minimum atomic E-state index is 0.386. The quantitative estimate of drug-likeness (QED) is 0.873. The number of hydrogen-bond acceptors (Lipinski definition) is 2. The lowest BCUT2D eigenvalue weighted by Gasteiger charge is -2.15. The third-order valence-corrected chi connectivity index (χ3v) is 3.61. The Labute approximate surface area is 99.2 Å². The van der Waals surface area contributed by atoms with Crippen molar-refractivity contribution in [3.8, 4) is 0 Å². The highest BCUT2D eigenvalue weighted by Gasteiger charge is 2.15. The molecular weight excluding hydrogens is 289 g/mol. The monoisotopic (exact) mass is 307 g/mol. The van der Waals surface area contributed by atoms with E-state index in [1.54, 1.807) is 0 Å². The Morgan fingerprint density at radius 3 is 2.36 bits per heavy atom. The predicted octanol–water partition coefficient (Wildman–Crippen LogP) is 2.99. The molecule has 0 bridgehead atoms. The van der Waals surface area contributed by atoms with Gasteiger partial charge in [0.25, 0.3) is 0 Å². The zero-order valence-corrected chi connectivity index (χ0v) is 11.4. The Hall–Kier alpha value is -0.260. The van der Waals surface area contributed by atoms with Crippen LogP contribution in [0, 0.1) is 16.4 Å². The van der Waals surface area contributed by atoms with Gasteiger partial charge >= 0.3 is 0 Å². The van der Waals surface area contributed by atoms with Crippen LogP contribution >= 0.6 is 22.6 Å². The summed E-state index contributed by atoms with van der Waals surface area (Å²) >= 11 is 2.25. The highest BCUT2D eigenvalue weighted by atomic mass is 127. The number of hydrogen-bond donors (Lipinski definition) is 1. The van der Waals surface area contributed by atoms with Gasteiger partial charge in [-0.25, -0.2) is 4.68 Å². The second-order valence-corrected chi connectivity index (χ2v) is 5.29. The van der Waals surface area contributed by atoms with Gasteiger partial charge in [-0.1, -0.05) is 13.8 Å². The van der Waals surface area contributed by atoms with E-state index in [1.807, 2.05) is 11.6 Å². The lowest BCUT2D eigenvalue weighted by Crippen LogP contribution is -2.12. The first kappa shape index (κ1) is 11.8. The van der Waals surface area contributed by atoms with E-state index in [0.29, 0.717) is 12.0 Å². The van der Waals surface area contributed by atoms with Crippen molar-refractivity contribution in [3.63, 3.8) is 0 Å². The molecule has 0 saturated heterocycles. The molecule has 0 aliphatic rings. The Morgan fingerprint density at radius 1 is 1.43 bits per heavy atom. The number of nitrogens with two attached hydrogens (primary N) is 1. The summed E-state index contributed by atoms with van der Waals surface area (Å²) in [6.07, 6.45) is 1.11. The maximum absolute atomic E-state index is 5.97. The topological polar surface area (TPSA) is 43.8 Å². The Balaban J connectivity index is 2.90. The number of aryl methyl sites for hydroxylation is 1. The fourth-order valence-corrected chi connectivity index (χ4v) is 2.02. The lowest BCUT2D eigenvalue weighted by atomic mass is 10.1. The molecule has 1 rings (SSSR count). The van der Waals surface area contributed by atoms with E-state index in [1.165, 1.54) is 0 Å². The molecule has 1 heterocycles. The molecule has 80 valence electrons. The maximum atomic E-state index is 5.97. The van der Waals surface area contributed by atoms with Crippen molar-refractivity contribution >= 4 is 28.4 Å². The summed E-state index contributed by atoms with van der Waals surface area (Å²) in [6, 6.07) is 0.386. The molecule has 0 fully saturated rings. The van der Waals surface area contributed by atoms with Gasteiger partial charge in [0, 0.05) is 0 Å². The number of halogens is 1. The zero-order chi connectivity index (χ0) is 10.9. The van der Waals surface area contributed by atoms with Gasteiger partial charge in [-0.05, 0) is 48.8 Å². The van der Waals surface area contributed by atoms with Crippen LogP contribution in [-0.2, 0) is 0 Å². The zero-order valence-electron chi connectivity index (χ0n) is 9.21. The van der Waals surface area contributed by atoms with Gasteiger partial charge in [-0.15, -0.1) is 0 Å². The van der Waals surface area contributed by atoms with E-state index in [4.69, 9.17) is 5.73 Å². The fraction of sp³-hybridized carbons (Fsp3) is 0.700. The maximum Gasteiger partial charge on any atom is 0.135 e. The standard InChI is InChI=1S/C10H18IN3/c1-6(2)5-7(3)14-10(12)9(11)8(4)13-14/h6-7H,5,12H2,1-4H3. The molecule has 0 aromatic carbocycles. The Kier molecular flexibility index (Phi) is 3.80. The predicted molar refractivity (Wildman–Crippen MR) is 68.3 cm³/mol. The van der Waals surface area contributed by atoms with Gasteiger partial charge in [0.2, 0.25) is 0 Å². The Bertz CT molecular complexity index is 317. The van der Waals surface area contributed by atoms with Gasteiger partial charge < -0.3 is 5.73 Å². The largest absolute Gasteiger partial charge is 0.383 e. The van der Waals surface area contributed by atoms with Crippen LogP contribution < -0.4 is 5.73 Å². The molecule has 0 radical (unpaired) electrons. The van der Waals surface area contributed by atoms with Gasteiger partial charge in [0.1, 0.15) is 5.82 Å². The highest BCUT2D eigenvalue weighted by molar-refractivity contribution is 14.1. The van der Waals surface area contributed by atoms with Crippen molar-refractivity contribution in [2.24, 2.45) is 5.92 Å². The molecule has 1 atom stereocenters. The number of anilines is 1. The number of nitrogen functional groups attached to an aromatic ring is 1. The van der Waals surface area contributed by atoms with E-state index < -0.39 is 0 Å². The SMILES string of the molecule is Cc1nn(C(C)CC(C)C)c(N)c1I. The number of aromatic nitrogens is 2. The highest BCUT2D eigenvalue weighted by Crippen LogP contribution is 2.25. The summed E-state index contributed by atoms with van der Waals surface area (Å²) < 4.78 is 3.02. The third-order valence-electron chi connectivity index (χ3n) is 2.28. The molecule has 0 aliphatic heterocycles. The van der Waals surface area contributed by atoms with Crippen molar-refractivity contribution in [3.05, 3.63) is 9.26 Å². The average Bonchev–Trinajstić information content (AvgIpc) is 2.32. The van der Waals surface area contributed by atoms with E-state index in [-0.39, 0.29) is 0 Å². The second kappa shape index (κ2) is 4.51. The van der Waals surface area contributed by atoms with E-state index >= 15 is 0 Å². The molecule has 1 unspecified atom stereocenters. The van der Waals surface area contributed by atoms with Crippen LogP contribution in [0.5, 0.6) is 0 Å². The first-order chi connectivity index (χ1) is 6.43. The van der Waals surface area contributed by atoms with Gasteiger partial charge in [-0.2, -0.15) is 5.10 Å². The molecule has 0 amide bonds. The molecule has 1 aromatic heterocycles. The van der Waals surface area contributed by atoms with Crippen LogP contribution in [0.4, 0.5) is 5.82 Å². The van der Waals surface area contributed by atoms with Crippen molar-refractivity contribution in [2.75, 3.05) is 5.73 Å². The van der Waals surface area contributed by atoms with Gasteiger partial charge in [0.05, 0.1) is 15.3 Å². The first-order valence-electron chi connectivity index (χ1n) is 4.93. The molecule has 0 saturated carbocycles. The van der Waals surface area contributed by atoms with E-state index in [2.05, 4.69) is 48.5 Å². The van der Waals surface area contributed by atoms with E-state index in [0.717, 1.165) is 21.5 Å². The lowest BCUT2D eigenvalue weighted by molar-refractivity contribution is 0.401. The van der Waals surface area contributed by atoms with Crippen molar-refractivity contribution in [1.29, 1.82) is 0 Å². The molecule has 2 N–H and O–H groups in total. The summed E-state index contributed by atoms with van der Waals surface area (Å²) in [4.78, 5) is 0. The second-order valence-electron chi connectivity index (χ2n) is 4.21. The summed E-state index contributed by atoms with van der Waals surface area (Å²) in [6.45, 7) is 8.59. The Morgan fingerprint density at radius 2 is 2.00 bits per heavy atom. The minimum Gasteiger partial charge on any atom is -0.383 e. The van der Waals surface area contributed by atoms with Crippen LogP contribution in [0.15, 0.2) is 0 Å². The summed E-state index contributed by atoms with van der Waals surface area (Å²) in [7, 11) is 0. The first-order valence-corrected chi connectivity index (χ1v) is 6.01. The van der Waals surface area contributed by atoms with Crippen LogP contribution in [0.2, 0.25) is 0 Å². The molecule has 0 aliphatic carbocycles. The molecule has 0 spiro atoms. The number of rotatable bonds is 3. The molecular formula is C10H18IN3. The van der Waals surface area contributed by atoms with Crippen molar-refractivity contribution in [1.82, 2.24) is 9.78 Å². The minimum absolute atomic E-state index is 0.386. The average molecular weight is 307 g/mol. The number of nitrogens with zero attached hydrogens (tertiary/aromatic N) is 2. The molecule has 3 nitrogen and oxygen atoms in total. The summed E-state index contributed by atoms with van der Waals surface area (Å²) in [5, 5.41) is 4.45. The van der Waals surface area contributed by atoms with Crippen LogP contribution in [0.1, 0.15) is 38.9 Å². The normalized spacial score (nSPS) is 13.6. The summed E-state index contributed by atoms with van der Waals surface area (Å²) in [5.74, 6) is 1.47. The third kappa shape index (κ3) is 2.40. The van der Waals surface area contributed by atoms with Crippen molar-refractivity contribution < 1.29 is 0 Å². The molecule has 1 aromatic rings. The smallest absolute Gasteiger partial charge is 0.135 e.